The lowest BCUT2D eigenvalue weighted by molar-refractivity contribution is -0.151. The summed E-state index contributed by atoms with van der Waals surface area (Å²) in [6.07, 6.45) is -0.934. The van der Waals surface area contributed by atoms with E-state index in [0.717, 1.165) is 0 Å². The number of carbonyl (C=O) groups is 3. The molecule has 2 amide bonds. The van der Waals surface area contributed by atoms with Gasteiger partial charge in [0.05, 0.1) is 6.61 Å². The lowest BCUT2D eigenvalue weighted by Gasteiger charge is -2.25. The lowest BCUT2D eigenvalue weighted by atomic mass is 10.2. The maximum Gasteiger partial charge on any atom is 0.344 e. The van der Waals surface area contributed by atoms with E-state index in [0.29, 0.717) is 29.6 Å². The molecule has 1 aliphatic rings. The standard InChI is InChI=1S/C21H22N2O8/c1-2-27-14-7-3-4-8-15(14)29-13-20(25)30-12-19(24)22-23-21(26)18-11-28-16-9-5-6-10-17(16)31-18/h3-10,18H,2,11-13H2,1H3,(H,22,24)(H,23,26). The molecule has 0 radical (unpaired) electrons. The number of ether oxygens (including phenoxy) is 5. The van der Waals surface area contributed by atoms with E-state index in [4.69, 9.17) is 23.7 Å². The summed E-state index contributed by atoms with van der Waals surface area (Å²) in [6.45, 7) is 1.26. The summed E-state index contributed by atoms with van der Waals surface area (Å²) in [5.41, 5.74) is 4.35. The molecule has 0 saturated heterocycles. The predicted octanol–water partition coefficient (Wildman–Crippen LogP) is 0.995. The van der Waals surface area contributed by atoms with Crippen molar-refractivity contribution in [2.75, 3.05) is 26.4 Å². The van der Waals surface area contributed by atoms with Crippen LogP contribution in [0.3, 0.4) is 0 Å². The largest absolute Gasteiger partial charge is 0.490 e. The number of carbonyl (C=O) groups excluding carboxylic acids is 3. The molecule has 164 valence electrons. The molecule has 1 atom stereocenters. The van der Waals surface area contributed by atoms with Gasteiger partial charge in [-0.15, -0.1) is 0 Å². The van der Waals surface area contributed by atoms with Crippen molar-refractivity contribution in [1.29, 1.82) is 0 Å². The third kappa shape index (κ3) is 6.26. The van der Waals surface area contributed by atoms with E-state index in [1.165, 1.54) is 0 Å². The summed E-state index contributed by atoms with van der Waals surface area (Å²) in [7, 11) is 0. The van der Waals surface area contributed by atoms with Gasteiger partial charge in [-0.1, -0.05) is 24.3 Å². The Morgan fingerprint density at radius 1 is 0.935 bits per heavy atom. The van der Waals surface area contributed by atoms with Gasteiger partial charge in [-0.05, 0) is 31.2 Å². The molecule has 2 aromatic rings. The first-order chi connectivity index (χ1) is 15.1. The van der Waals surface area contributed by atoms with Crippen molar-refractivity contribution in [2.45, 2.75) is 13.0 Å². The molecule has 31 heavy (non-hydrogen) atoms. The molecule has 2 aromatic carbocycles. The highest BCUT2D eigenvalue weighted by Crippen LogP contribution is 2.30. The maximum absolute atomic E-state index is 12.1. The normalized spacial score (nSPS) is 14.2. The smallest absolute Gasteiger partial charge is 0.344 e. The van der Waals surface area contributed by atoms with Gasteiger partial charge in [-0.25, -0.2) is 4.79 Å². The minimum Gasteiger partial charge on any atom is -0.490 e. The fourth-order valence-electron chi connectivity index (χ4n) is 2.57. The van der Waals surface area contributed by atoms with Gasteiger partial charge in [0.1, 0.15) is 6.61 Å². The Morgan fingerprint density at radius 2 is 1.61 bits per heavy atom. The summed E-state index contributed by atoms with van der Waals surface area (Å²) in [5.74, 6) is -0.246. The van der Waals surface area contributed by atoms with Crippen molar-refractivity contribution in [3.63, 3.8) is 0 Å². The molecule has 1 aliphatic heterocycles. The van der Waals surface area contributed by atoms with Gasteiger partial charge < -0.3 is 23.7 Å². The molecule has 10 heteroatoms. The Hall–Kier alpha value is -3.95. The van der Waals surface area contributed by atoms with Crippen molar-refractivity contribution in [3.8, 4) is 23.0 Å². The summed E-state index contributed by atoms with van der Waals surface area (Å²) >= 11 is 0. The number of nitrogens with one attached hydrogen (secondary N) is 2. The minimum atomic E-state index is -0.934. The number of amides is 2. The number of hydrogen-bond acceptors (Lipinski definition) is 8. The highest BCUT2D eigenvalue weighted by molar-refractivity contribution is 5.86. The van der Waals surface area contributed by atoms with Gasteiger partial charge in [0.2, 0.25) is 6.10 Å². The lowest BCUT2D eigenvalue weighted by Crippen LogP contribution is -2.51. The van der Waals surface area contributed by atoms with Gasteiger partial charge in [-0.3, -0.25) is 20.4 Å². The van der Waals surface area contributed by atoms with Crippen LogP contribution in [0, 0.1) is 0 Å². The van der Waals surface area contributed by atoms with E-state index in [1.807, 2.05) is 6.92 Å². The molecule has 0 bridgehead atoms. The van der Waals surface area contributed by atoms with Crippen LogP contribution in [0.15, 0.2) is 48.5 Å². The monoisotopic (exact) mass is 430 g/mol. The molecule has 1 unspecified atom stereocenters. The zero-order valence-electron chi connectivity index (χ0n) is 16.8. The zero-order valence-corrected chi connectivity index (χ0v) is 16.8. The van der Waals surface area contributed by atoms with Crippen molar-refractivity contribution in [2.24, 2.45) is 0 Å². The summed E-state index contributed by atoms with van der Waals surface area (Å²) < 4.78 is 26.5. The average Bonchev–Trinajstić information content (AvgIpc) is 2.80. The van der Waals surface area contributed by atoms with Crippen LogP contribution < -0.4 is 29.8 Å². The van der Waals surface area contributed by atoms with E-state index < -0.39 is 37.1 Å². The highest BCUT2D eigenvalue weighted by atomic mass is 16.6. The Balaban J connectivity index is 1.35. The fourth-order valence-corrected chi connectivity index (χ4v) is 2.57. The van der Waals surface area contributed by atoms with Crippen LogP contribution in [0.4, 0.5) is 0 Å². The number of benzene rings is 2. The van der Waals surface area contributed by atoms with Crippen molar-refractivity contribution in [1.82, 2.24) is 10.9 Å². The van der Waals surface area contributed by atoms with E-state index in [9.17, 15) is 14.4 Å². The number of fused-ring (bicyclic) bond motifs is 1. The molecule has 2 N–H and O–H groups in total. The Labute approximate surface area is 178 Å². The number of esters is 1. The van der Waals surface area contributed by atoms with Gasteiger partial charge >= 0.3 is 5.97 Å². The van der Waals surface area contributed by atoms with Crippen LogP contribution in [-0.4, -0.2) is 50.3 Å². The van der Waals surface area contributed by atoms with Gasteiger partial charge in [0.15, 0.2) is 36.2 Å². The van der Waals surface area contributed by atoms with Crippen molar-refractivity contribution in [3.05, 3.63) is 48.5 Å². The molecular weight excluding hydrogens is 408 g/mol. The SMILES string of the molecule is CCOc1ccccc1OCC(=O)OCC(=O)NNC(=O)C1COc2ccccc2O1. The third-order valence-corrected chi connectivity index (χ3v) is 3.98. The van der Waals surface area contributed by atoms with Crippen LogP contribution in [0.2, 0.25) is 0 Å². The van der Waals surface area contributed by atoms with E-state index >= 15 is 0 Å². The van der Waals surface area contributed by atoms with Crippen molar-refractivity contribution < 1.29 is 38.1 Å². The number of hydrazine groups is 1. The quantitative estimate of drug-likeness (QED) is 0.470. The number of hydrogen-bond donors (Lipinski definition) is 2. The highest BCUT2D eigenvalue weighted by Gasteiger charge is 2.27. The number of para-hydroxylation sites is 4. The zero-order chi connectivity index (χ0) is 22.1. The fraction of sp³-hybridized carbons (Fsp3) is 0.286. The van der Waals surface area contributed by atoms with Gasteiger partial charge in [0.25, 0.3) is 11.8 Å². The second kappa shape index (κ2) is 10.7. The van der Waals surface area contributed by atoms with Crippen LogP contribution in [0.1, 0.15) is 6.92 Å². The Morgan fingerprint density at radius 3 is 2.35 bits per heavy atom. The first kappa shape index (κ1) is 21.8. The Kier molecular flexibility index (Phi) is 7.52. The minimum absolute atomic E-state index is 0.00569. The summed E-state index contributed by atoms with van der Waals surface area (Å²) in [5, 5.41) is 0. The average molecular weight is 430 g/mol. The van der Waals surface area contributed by atoms with Crippen LogP contribution in [-0.2, 0) is 19.1 Å². The van der Waals surface area contributed by atoms with E-state index in [2.05, 4.69) is 10.9 Å². The Bertz CT molecular complexity index is 933. The molecule has 10 nitrogen and oxygen atoms in total. The van der Waals surface area contributed by atoms with E-state index in [-0.39, 0.29) is 6.61 Å². The van der Waals surface area contributed by atoms with Gasteiger partial charge in [-0.2, -0.15) is 0 Å². The third-order valence-electron chi connectivity index (χ3n) is 3.98. The number of rotatable bonds is 8. The topological polar surface area (TPSA) is 121 Å². The van der Waals surface area contributed by atoms with Crippen molar-refractivity contribution >= 4 is 17.8 Å². The molecule has 0 saturated carbocycles. The predicted molar refractivity (Wildman–Crippen MR) is 107 cm³/mol. The molecule has 0 aromatic heterocycles. The maximum atomic E-state index is 12.1. The van der Waals surface area contributed by atoms with Crippen LogP contribution in [0.5, 0.6) is 23.0 Å². The second-order valence-electron chi connectivity index (χ2n) is 6.23. The van der Waals surface area contributed by atoms with Gasteiger partial charge in [0, 0.05) is 0 Å². The van der Waals surface area contributed by atoms with E-state index in [1.54, 1.807) is 48.5 Å². The molecule has 0 aliphatic carbocycles. The summed E-state index contributed by atoms with van der Waals surface area (Å²) in [6, 6.07) is 13.8. The van der Waals surface area contributed by atoms with Crippen LogP contribution in [0.25, 0.3) is 0 Å². The molecule has 0 spiro atoms. The first-order valence-electron chi connectivity index (χ1n) is 9.54. The summed E-state index contributed by atoms with van der Waals surface area (Å²) in [4.78, 5) is 35.7. The molecule has 3 rings (SSSR count). The molecule has 1 heterocycles. The van der Waals surface area contributed by atoms with Crippen LogP contribution >= 0.6 is 0 Å². The second-order valence-corrected chi connectivity index (χ2v) is 6.23. The first-order valence-corrected chi connectivity index (χ1v) is 9.54. The molecule has 0 fully saturated rings. The molecular formula is C21H22N2O8.